The predicted octanol–water partition coefficient (Wildman–Crippen LogP) is 2.52. The van der Waals surface area contributed by atoms with Gasteiger partial charge in [0.1, 0.15) is 0 Å². The third kappa shape index (κ3) is 3.34. The quantitative estimate of drug-likeness (QED) is 0.923. The average Bonchev–Trinajstić information content (AvgIpc) is 2.96. The van der Waals surface area contributed by atoms with Crippen LogP contribution in [0.3, 0.4) is 0 Å². The first kappa shape index (κ1) is 17.0. The van der Waals surface area contributed by atoms with Crippen LogP contribution in [0.1, 0.15) is 31.2 Å². The predicted molar refractivity (Wildman–Crippen MR) is 95.7 cm³/mol. The molecule has 1 aromatic carbocycles. The van der Waals surface area contributed by atoms with Gasteiger partial charge in [-0.2, -0.15) is 0 Å². The molecule has 3 rings (SSSR count). The van der Waals surface area contributed by atoms with Crippen LogP contribution >= 0.6 is 0 Å². The van der Waals surface area contributed by atoms with Crippen molar-refractivity contribution >= 4 is 26.6 Å². The average molecular weight is 348 g/mol. The van der Waals surface area contributed by atoms with E-state index in [2.05, 4.69) is 4.98 Å². The summed E-state index contributed by atoms with van der Waals surface area (Å²) in [4.78, 5) is 17.6. The number of likely N-dealkylation sites (N-methyl/N-ethyl adjacent to an activating group) is 1. The summed E-state index contributed by atoms with van der Waals surface area (Å²) in [5, 5.41) is 0.603. The second kappa shape index (κ2) is 6.59. The largest absolute Gasteiger partial charge is 0.361 e. The molecule has 2 unspecified atom stereocenters. The molecule has 1 aliphatic carbocycles. The highest BCUT2D eigenvalue weighted by Crippen LogP contribution is 2.28. The molecule has 0 aliphatic heterocycles. The summed E-state index contributed by atoms with van der Waals surface area (Å²) in [6.45, 7) is 0. The zero-order valence-electron chi connectivity index (χ0n) is 14.2. The minimum absolute atomic E-state index is 0.0275. The van der Waals surface area contributed by atoms with Gasteiger partial charge in [0, 0.05) is 36.4 Å². The number of para-hydroxylation sites is 1. The number of H-pyrrole nitrogens is 1. The summed E-state index contributed by atoms with van der Waals surface area (Å²) in [7, 11) is -1.41. The van der Waals surface area contributed by atoms with Crippen molar-refractivity contribution in [2.24, 2.45) is 0 Å². The molecule has 0 bridgehead atoms. The van der Waals surface area contributed by atoms with Gasteiger partial charge in [-0.05, 0) is 24.5 Å². The molecule has 1 fully saturated rings. The highest BCUT2D eigenvalue weighted by Gasteiger charge is 2.36. The van der Waals surface area contributed by atoms with Gasteiger partial charge in [0.05, 0.1) is 11.7 Å². The highest BCUT2D eigenvalue weighted by molar-refractivity contribution is 7.91. The Bertz CT molecular complexity index is 841. The maximum Gasteiger partial charge on any atom is 0.227 e. The molecule has 2 atom stereocenters. The van der Waals surface area contributed by atoms with E-state index in [1.807, 2.05) is 30.5 Å². The number of hydrogen-bond donors (Lipinski definition) is 1. The molecule has 1 saturated carbocycles. The van der Waals surface area contributed by atoms with Crippen molar-refractivity contribution in [1.29, 1.82) is 0 Å². The van der Waals surface area contributed by atoms with Crippen molar-refractivity contribution in [3.8, 4) is 0 Å². The standard InChI is InChI=1S/C18H24N2O3S/c1-20(16-9-5-6-10-17(16)24(2,22)23)18(21)11-13-12-19-15-8-4-3-7-14(13)15/h3-4,7-8,12,16-17,19H,5-6,9-11H2,1-2H3. The molecule has 0 radical (unpaired) electrons. The van der Waals surface area contributed by atoms with Crippen LogP contribution in [-0.4, -0.2) is 48.8 Å². The van der Waals surface area contributed by atoms with Crippen LogP contribution in [0.4, 0.5) is 0 Å². The van der Waals surface area contributed by atoms with Gasteiger partial charge in [0.2, 0.25) is 5.91 Å². The van der Waals surface area contributed by atoms with E-state index in [0.29, 0.717) is 6.42 Å². The molecule has 0 spiro atoms. The minimum atomic E-state index is -3.15. The summed E-state index contributed by atoms with van der Waals surface area (Å²) < 4.78 is 24.1. The van der Waals surface area contributed by atoms with Gasteiger partial charge in [0.25, 0.3) is 0 Å². The Morgan fingerprint density at radius 2 is 1.96 bits per heavy atom. The lowest BCUT2D eigenvalue weighted by atomic mass is 9.93. The SMILES string of the molecule is CN(C(=O)Cc1c[nH]c2ccccc12)C1CCCCC1S(C)(=O)=O. The molecular weight excluding hydrogens is 324 g/mol. The normalized spacial score (nSPS) is 21.8. The minimum Gasteiger partial charge on any atom is -0.361 e. The Morgan fingerprint density at radius 3 is 2.71 bits per heavy atom. The first-order valence-corrected chi connectivity index (χ1v) is 10.3. The van der Waals surface area contributed by atoms with Crippen molar-refractivity contribution in [2.45, 2.75) is 43.4 Å². The van der Waals surface area contributed by atoms with E-state index >= 15 is 0 Å². The van der Waals surface area contributed by atoms with Crippen molar-refractivity contribution in [3.05, 3.63) is 36.0 Å². The van der Waals surface area contributed by atoms with Crippen molar-refractivity contribution in [1.82, 2.24) is 9.88 Å². The van der Waals surface area contributed by atoms with Crippen molar-refractivity contribution in [2.75, 3.05) is 13.3 Å². The number of fused-ring (bicyclic) bond motifs is 1. The number of nitrogens with zero attached hydrogens (tertiary/aromatic N) is 1. The van der Waals surface area contributed by atoms with Crippen molar-refractivity contribution < 1.29 is 13.2 Å². The molecule has 0 saturated heterocycles. The van der Waals surface area contributed by atoms with Crippen LogP contribution < -0.4 is 0 Å². The van der Waals surface area contributed by atoms with Crippen LogP contribution in [0.25, 0.3) is 10.9 Å². The van der Waals surface area contributed by atoms with Crippen LogP contribution in [0, 0.1) is 0 Å². The van der Waals surface area contributed by atoms with E-state index in [4.69, 9.17) is 0 Å². The lowest BCUT2D eigenvalue weighted by Crippen LogP contribution is -2.49. The van der Waals surface area contributed by atoms with E-state index in [1.165, 1.54) is 6.26 Å². The summed E-state index contributed by atoms with van der Waals surface area (Å²) in [6.07, 6.45) is 6.73. The Labute approximate surface area is 143 Å². The number of sulfone groups is 1. The molecule has 24 heavy (non-hydrogen) atoms. The number of amides is 1. The molecule has 1 N–H and O–H groups in total. The molecule has 6 heteroatoms. The zero-order valence-corrected chi connectivity index (χ0v) is 15.0. The summed E-state index contributed by atoms with van der Waals surface area (Å²) in [6, 6.07) is 7.66. The third-order valence-electron chi connectivity index (χ3n) is 5.13. The maximum absolute atomic E-state index is 12.7. The zero-order chi connectivity index (χ0) is 17.3. The Balaban J connectivity index is 1.78. The number of benzene rings is 1. The number of aromatic amines is 1. The van der Waals surface area contributed by atoms with Crippen LogP contribution in [0.5, 0.6) is 0 Å². The summed E-state index contributed by atoms with van der Waals surface area (Å²) in [5.41, 5.74) is 1.96. The molecular formula is C18H24N2O3S. The fourth-order valence-corrected chi connectivity index (χ4v) is 5.25. The maximum atomic E-state index is 12.7. The van der Waals surface area contributed by atoms with Crippen LogP contribution in [0.15, 0.2) is 30.5 Å². The number of carbonyl (C=O) groups is 1. The fraction of sp³-hybridized carbons (Fsp3) is 0.500. The lowest BCUT2D eigenvalue weighted by Gasteiger charge is -2.37. The Hall–Kier alpha value is -1.82. The second-order valence-electron chi connectivity index (χ2n) is 6.76. The van der Waals surface area contributed by atoms with Crippen LogP contribution in [0.2, 0.25) is 0 Å². The number of nitrogens with one attached hydrogen (secondary N) is 1. The van der Waals surface area contributed by atoms with Gasteiger partial charge < -0.3 is 9.88 Å². The molecule has 1 amide bonds. The van der Waals surface area contributed by atoms with E-state index < -0.39 is 15.1 Å². The van der Waals surface area contributed by atoms with E-state index in [-0.39, 0.29) is 18.4 Å². The van der Waals surface area contributed by atoms with E-state index in [0.717, 1.165) is 35.7 Å². The fourth-order valence-electron chi connectivity index (χ4n) is 3.77. The van der Waals surface area contributed by atoms with Crippen LogP contribution in [-0.2, 0) is 21.1 Å². The summed E-state index contributed by atoms with van der Waals surface area (Å²) >= 11 is 0. The van der Waals surface area contributed by atoms with E-state index in [1.54, 1.807) is 11.9 Å². The van der Waals surface area contributed by atoms with E-state index in [9.17, 15) is 13.2 Å². The second-order valence-corrected chi connectivity index (χ2v) is 9.03. The Kier molecular flexibility index (Phi) is 4.67. The lowest BCUT2D eigenvalue weighted by molar-refractivity contribution is -0.131. The Morgan fingerprint density at radius 1 is 1.25 bits per heavy atom. The number of carbonyl (C=O) groups excluding carboxylic acids is 1. The molecule has 1 heterocycles. The van der Waals surface area contributed by atoms with Gasteiger partial charge in [-0.15, -0.1) is 0 Å². The number of aromatic nitrogens is 1. The topological polar surface area (TPSA) is 70.2 Å². The first-order valence-electron chi connectivity index (χ1n) is 8.37. The highest BCUT2D eigenvalue weighted by atomic mass is 32.2. The monoisotopic (exact) mass is 348 g/mol. The van der Waals surface area contributed by atoms with Gasteiger partial charge in [0.15, 0.2) is 9.84 Å². The van der Waals surface area contributed by atoms with Crippen molar-refractivity contribution in [3.63, 3.8) is 0 Å². The molecule has 130 valence electrons. The van der Waals surface area contributed by atoms with Gasteiger partial charge in [-0.3, -0.25) is 4.79 Å². The number of rotatable bonds is 4. The van der Waals surface area contributed by atoms with Gasteiger partial charge in [-0.25, -0.2) is 8.42 Å². The molecule has 1 aromatic heterocycles. The smallest absolute Gasteiger partial charge is 0.227 e. The van der Waals surface area contributed by atoms with Gasteiger partial charge >= 0.3 is 0 Å². The first-order chi connectivity index (χ1) is 11.4. The number of hydrogen-bond acceptors (Lipinski definition) is 3. The molecule has 5 nitrogen and oxygen atoms in total. The molecule has 2 aromatic rings. The third-order valence-corrected chi connectivity index (χ3v) is 6.77. The molecule has 1 aliphatic rings. The summed E-state index contributed by atoms with van der Waals surface area (Å²) in [5.74, 6) is -0.0275. The van der Waals surface area contributed by atoms with Gasteiger partial charge in [-0.1, -0.05) is 31.0 Å².